The van der Waals surface area contributed by atoms with Gasteiger partial charge in [0.2, 0.25) is 0 Å². The minimum absolute atomic E-state index is 0.103. The summed E-state index contributed by atoms with van der Waals surface area (Å²) in [4.78, 5) is 12.1. The molecule has 138 valence electrons. The van der Waals surface area contributed by atoms with E-state index in [0.29, 0.717) is 19.6 Å². The number of aliphatic hydroxyl groups is 1. The second-order valence-electron chi connectivity index (χ2n) is 6.95. The number of rotatable bonds is 6. The third kappa shape index (κ3) is 5.17. The van der Waals surface area contributed by atoms with Crippen LogP contribution in [0.15, 0.2) is 30.3 Å². The average Bonchev–Trinajstić information content (AvgIpc) is 3.03. The lowest BCUT2D eigenvalue weighted by Crippen LogP contribution is -2.47. The molecule has 6 heteroatoms. The van der Waals surface area contributed by atoms with Crippen LogP contribution in [0.5, 0.6) is 0 Å². The highest BCUT2D eigenvalue weighted by Crippen LogP contribution is 2.37. The first-order chi connectivity index (χ1) is 12.2. The van der Waals surface area contributed by atoms with Gasteiger partial charge >= 0.3 is 6.03 Å². The van der Waals surface area contributed by atoms with Crippen molar-refractivity contribution in [3.63, 3.8) is 0 Å². The van der Waals surface area contributed by atoms with Crippen LogP contribution in [0.25, 0.3) is 0 Å². The van der Waals surface area contributed by atoms with E-state index in [0.717, 1.165) is 31.2 Å². The van der Waals surface area contributed by atoms with Gasteiger partial charge in [-0.05, 0) is 24.8 Å². The third-order valence-electron chi connectivity index (χ3n) is 4.90. The molecule has 0 aromatic heterocycles. The standard InChI is InChI=1S/C19H28N2O4/c22-13-16(11-15-7-3-1-4-8-15)21-18(23)20-12-17-14-24-19(25-17)9-5-2-6-10-19/h1,3-4,7-8,16-17,22H,2,5-6,9-14H2,(H2,20,21,23)/t16-,17+/m0/s1. The van der Waals surface area contributed by atoms with Crippen LogP contribution in [0.3, 0.4) is 0 Å². The molecule has 2 fully saturated rings. The zero-order chi connectivity index (χ0) is 17.5. The molecule has 6 nitrogen and oxygen atoms in total. The fourth-order valence-corrected chi connectivity index (χ4v) is 3.57. The molecule has 1 aliphatic carbocycles. The summed E-state index contributed by atoms with van der Waals surface area (Å²) in [5.74, 6) is -0.415. The monoisotopic (exact) mass is 348 g/mol. The van der Waals surface area contributed by atoms with Crippen molar-refractivity contribution in [1.82, 2.24) is 10.6 Å². The summed E-state index contributed by atoms with van der Waals surface area (Å²) in [5.41, 5.74) is 1.08. The molecule has 25 heavy (non-hydrogen) atoms. The van der Waals surface area contributed by atoms with E-state index >= 15 is 0 Å². The molecule has 3 rings (SSSR count). The summed E-state index contributed by atoms with van der Waals surface area (Å²) in [5, 5.41) is 15.1. The first-order valence-electron chi connectivity index (χ1n) is 9.20. The van der Waals surface area contributed by atoms with Crippen LogP contribution < -0.4 is 10.6 Å². The molecule has 1 aromatic rings. The summed E-state index contributed by atoms with van der Waals surface area (Å²) in [6.07, 6.45) is 5.89. The van der Waals surface area contributed by atoms with Gasteiger partial charge in [-0.1, -0.05) is 36.8 Å². The fraction of sp³-hybridized carbons (Fsp3) is 0.632. The SMILES string of the molecule is O=C(NC[C@@H]1COC2(CCCCC2)O1)N[C@H](CO)Cc1ccccc1. The van der Waals surface area contributed by atoms with Gasteiger partial charge in [-0.2, -0.15) is 0 Å². The number of hydrogen-bond acceptors (Lipinski definition) is 4. The molecule has 1 aromatic carbocycles. The minimum atomic E-state index is -0.415. The molecule has 3 N–H and O–H groups in total. The number of ether oxygens (including phenoxy) is 2. The van der Waals surface area contributed by atoms with Gasteiger partial charge in [-0.3, -0.25) is 0 Å². The van der Waals surface area contributed by atoms with Gasteiger partial charge < -0.3 is 25.2 Å². The van der Waals surface area contributed by atoms with Gasteiger partial charge in [-0.25, -0.2) is 4.79 Å². The number of carbonyl (C=O) groups is 1. The number of carbonyl (C=O) groups excluding carboxylic acids is 1. The van der Waals surface area contributed by atoms with Crippen molar-refractivity contribution in [3.8, 4) is 0 Å². The highest BCUT2D eigenvalue weighted by molar-refractivity contribution is 5.74. The molecule has 2 atom stereocenters. The second-order valence-corrected chi connectivity index (χ2v) is 6.95. The maximum Gasteiger partial charge on any atom is 0.315 e. The molecule has 0 radical (unpaired) electrons. The van der Waals surface area contributed by atoms with E-state index in [-0.39, 0.29) is 24.8 Å². The summed E-state index contributed by atoms with van der Waals surface area (Å²) in [6.45, 7) is 0.833. The van der Waals surface area contributed by atoms with Crippen molar-refractivity contribution >= 4 is 6.03 Å². The lowest BCUT2D eigenvalue weighted by atomic mass is 9.94. The number of urea groups is 1. The Labute approximate surface area is 148 Å². The van der Waals surface area contributed by atoms with Crippen molar-refractivity contribution in [2.45, 2.75) is 56.5 Å². The van der Waals surface area contributed by atoms with Crippen molar-refractivity contribution in [2.75, 3.05) is 19.8 Å². The molecular formula is C19H28N2O4. The number of amides is 2. The van der Waals surface area contributed by atoms with Crippen LogP contribution in [0.1, 0.15) is 37.7 Å². The molecule has 1 spiro atoms. The Kier molecular flexibility index (Phi) is 6.29. The largest absolute Gasteiger partial charge is 0.394 e. The molecule has 1 saturated heterocycles. The molecule has 1 heterocycles. The first kappa shape index (κ1) is 18.2. The van der Waals surface area contributed by atoms with Gasteiger partial charge in [0.15, 0.2) is 5.79 Å². The molecule has 2 aliphatic rings. The average molecular weight is 348 g/mol. The van der Waals surface area contributed by atoms with Crippen molar-refractivity contribution in [1.29, 1.82) is 0 Å². The highest BCUT2D eigenvalue weighted by Gasteiger charge is 2.42. The van der Waals surface area contributed by atoms with Crippen LogP contribution in [0, 0.1) is 0 Å². The molecule has 2 amide bonds. The Balaban J connectivity index is 1.40. The summed E-state index contributed by atoms with van der Waals surface area (Å²) < 4.78 is 11.9. The Hall–Kier alpha value is -1.63. The molecule has 1 saturated carbocycles. The van der Waals surface area contributed by atoms with Crippen LogP contribution >= 0.6 is 0 Å². The fourth-order valence-electron chi connectivity index (χ4n) is 3.57. The number of benzene rings is 1. The van der Waals surface area contributed by atoms with Crippen LogP contribution in [-0.4, -0.2) is 48.8 Å². The van der Waals surface area contributed by atoms with E-state index in [1.165, 1.54) is 6.42 Å². The Bertz CT molecular complexity index is 546. The molecular weight excluding hydrogens is 320 g/mol. The van der Waals surface area contributed by atoms with Gasteiger partial charge in [-0.15, -0.1) is 0 Å². The Morgan fingerprint density at radius 2 is 2.00 bits per heavy atom. The maximum atomic E-state index is 12.1. The summed E-state index contributed by atoms with van der Waals surface area (Å²) >= 11 is 0. The maximum absolute atomic E-state index is 12.1. The van der Waals surface area contributed by atoms with E-state index in [1.807, 2.05) is 30.3 Å². The first-order valence-corrected chi connectivity index (χ1v) is 9.20. The van der Waals surface area contributed by atoms with E-state index < -0.39 is 5.79 Å². The zero-order valence-electron chi connectivity index (χ0n) is 14.6. The van der Waals surface area contributed by atoms with Crippen LogP contribution in [0.4, 0.5) is 4.79 Å². The van der Waals surface area contributed by atoms with Crippen molar-refractivity contribution in [2.24, 2.45) is 0 Å². The lowest BCUT2D eigenvalue weighted by molar-refractivity contribution is -0.186. The van der Waals surface area contributed by atoms with E-state index in [9.17, 15) is 9.90 Å². The van der Waals surface area contributed by atoms with E-state index in [2.05, 4.69) is 10.6 Å². The normalized spacial score (nSPS) is 23.3. The lowest BCUT2D eigenvalue weighted by Gasteiger charge is -2.31. The molecule has 0 unspecified atom stereocenters. The second kappa shape index (κ2) is 8.65. The van der Waals surface area contributed by atoms with Crippen LogP contribution in [0.2, 0.25) is 0 Å². The number of aliphatic hydroxyl groups excluding tert-OH is 1. The third-order valence-corrected chi connectivity index (χ3v) is 4.90. The molecule has 1 aliphatic heterocycles. The number of hydrogen-bond donors (Lipinski definition) is 3. The topological polar surface area (TPSA) is 79.8 Å². The molecule has 0 bridgehead atoms. The Morgan fingerprint density at radius 1 is 1.24 bits per heavy atom. The van der Waals surface area contributed by atoms with E-state index in [1.54, 1.807) is 0 Å². The predicted molar refractivity (Wildman–Crippen MR) is 94.2 cm³/mol. The number of nitrogens with one attached hydrogen (secondary N) is 2. The van der Waals surface area contributed by atoms with Crippen molar-refractivity contribution in [3.05, 3.63) is 35.9 Å². The summed E-state index contributed by atoms with van der Waals surface area (Å²) in [6, 6.07) is 9.20. The zero-order valence-corrected chi connectivity index (χ0v) is 14.6. The van der Waals surface area contributed by atoms with Gasteiger partial charge in [0.1, 0.15) is 6.10 Å². The predicted octanol–water partition coefficient (Wildman–Crippen LogP) is 1.96. The highest BCUT2D eigenvalue weighted by atomic mass is 16.7. The summed E-state index contributed by atoms with van der Waals surface area (Å²) in [7, 11) is 0. The Morgan fingerprint density at radius 3 is 2.72 bits per heavy atom. The minimum Gasteiger partial charge on any atom is -0.394 e. The van der Waals surface area contributed by atoms with Gasteiger partial charge in [0.25, 0.3) is 0 Å². The quantitative estimate of drug-likeness (QED) is 0.734. The smallest absolute Gasteiger partial charge is 0.315 e. The van der Waals surface area contributed by atoms with Crippen LogP contribution in [-0.2, 0) is 15.9 Å². The van der Waals surface area contributed by atoms with Gasteiger partial charge in [0.05, 0.1) is 19.3 Å². The van der Waals surface area contributed by atoms with E-state index in [4.69, 9.17) is 9.47 Å². The van der Waals surface area contributed by atoms with Gasteiger partial charge in [0, 0.05) is 19.4 Å². The van der Waals surface area contributed by atoms with Crippen molar-refractivity contribution < 1.29 is 19.4 Å².